The van der Waals surface area contributed by atoms with Crippen LogP contribution in [0, 0.1) is 0 Å². The second kappa shape index (κ2) is 8.49. The Morgan fingerprint density at radius 3 is 2.66 bits per heavy atom. The molecule has 1 aliphatic heterocycles. The van der Waals surface area contributed by atoms with E-state index in [2.05, 4.69) is 20.3 Å². The third kappa shape index (κ3) is 3.80. The van der Waals surface area contributed by atoms with Gasteiger partial charge in [-0.25, -0.2) is 4.98 Å². The minimum atomic E-state index is -0.264. The van der Waals surface area contributed by atoms with E-state index in [9.17, 15) is 4.79 Å². The molecule has 35 heavy (non-hydrogen) atoms. The summed E-state index contributed by atoms with van der Waals surface area (Å²) in [6, 6.07) is 17.2. The quantitative estimate of drug-likeness (QED) is 0.367. The summed E-state index contributed by atoms with van der Waals surface area (Å²) in [7, 11) is 1.63. The van der Waals surface area contributed by atoms with Crippen LogP contribution in [0.3, 0.4) is 0 Å². The monoisotopic (exact) mass is 464 g/mol. The predicted octanol–water partition coefficient (Wildman–Crippen LogP) is 5.28. The maximum atomic E-state index is 13.3. The number of carbonyl (C=O) groups excluding carboxylic acids is 1. The average molecular weight is 464 g/mol. The number of aromatic amines is 1. The summed E-state index contributed by atoms with van der Waals surface area (Å²) in [5.41, 5.74) is 5.29. The van der Waals surface area contributed by atoms with E-state index in [0.29, 0.717) is 28.4 Å². The minimum absolute atomic E-state index is 0.200. The van der Waals surface area contributed by atoms with Crippen LogP contribution in [-0.4, -0.2) is 34.8 Å². The molecule has 0 unspecified atom stereocenters. The first-order valence-electron chi connectivity index (χ1n) is 11.0. The van der Waals surface area contributed by atoms with E-state index in [1.807, 2.05) is 54.6 Å². The molecule has 2 aromatic carbocycles. The topological polar surface area (TPSA) is 98.4 Å². The van der Waals surface area contributed by atoms with E-state index in [1.165, 1.54) is 0 Å². The highest BCUT2D eigenvalue weighted by Crippen LogP contribution is 2.38. The summed E-state index contributed by atoms with van der Waals surface area (Å²) in [6.07, 6.45) is 6.77. The number of aromatic nitrogens is 3. The van der Waals surface area contributed by atoms with Crippen LogP contribution in [0.15, 0.2) is 79.4 Å². The first kappa shape index (κ1) is 20.7. The highest BCUT2D eigenvalue weighted by Gasteiger charge is 2.18. The van der Waals surface area contributed by atoms with Gasteiger partial charge in [0.05, 0.1) is 24.6 Å². The molecule has 5 aromatic rings. The number of hydrogen-bond acceptors (Lipinski definition) is 6. The van der Waals surface area contributed by atoms with Crippen LogP contribution >= 0.6 is 0 Å². The lowest BCUT2D eigenvalue weighted by atomic mass is 10.0. The van der Waals surface area contributed by atoms with E-state index >= 15 is 0 Å². The van der Waals surface area contributed by atoms with Crippen molar-refractivity contribution in [2.45, 2.75) is 0 Å². The van der Waals surface area contributed by atoms with Gasteiger partial charge in [-0.15, -0.1) is 0 Å². The number of nitrogens with zero attached hydrogens (tertiary/aromatic N) is 2. The number of benzene rings is 2. The van der Waals surface area contributed by atoms with Gasteiger partial charge in [-0.05, 0) is 47.5 Å². The van der Waals surface area contributed by atoms with E-state index in [0.717, 1.165) is 33.4 Å². The zero-order valence-electron chi connectivity index (χ0n) is 18.7. The van der Waals surface area contributed by atoms with Crippen molar-refractivity contribution in [3.8, 4) is 39.5 Å². The van der Waals surface area contributed by atoms with Gasteiger partial charge in [0.2, 0.25) is 6.79 Å². The highest BCUT2D eigenvalue weighted by atomic mass is 16.7. The van der Waals surface area contributed by atoms with Gasteiger partial charge in [0.1, 0.15) is 11.4 Å². The number of nitrogens with one attached hydrogen (secondary N) is 2. The normalized spacial score (nSPS) is 12.0. The molecule has 6 rings (SSSR count). The van der Waals surface area contributed by atoms with E-state index in [1.54, 1.807) is 31.9 Å². The van der Waals surface area contributed by atoms with Crippen molar-refractivity contribution in [1.29, 1.82) is 0 Å². The number of amides is 1. The first-order valence-corrected chi connectivity index (χ1v) is 11.0. The van der Waals surface area contributed by atoms with E-state index in [-0.39, 0.29) is 12.7 Å². The van der Waals surface area contributed by atoms with Crippen molar-refractivity contribution >= 4 is 22.6 Å². The van der Waals surface area contributed by atoms with Crippen molar-refractivity contribution < 1.29 is 19.0 Å². The molecule has 0 aliphatic carbocycles. The maximum Gasteiger partial charge on any atom is 0.257 e. The molecule has 8 nitrogen and oxygen atoms in total. The third-order valence-electron chi connectivity index (χ3n) is 5.95. The number of anilines is 1. The summed E-state index contributed by atoms with van der Waals surface area (Å²) in [6.45, 7) is 0.200. The Bertz CT molecular complexity index is 1560. The standard InChI is InChI=1S/C27H20N4O4/c1-33-19-5-2-16(3-6-19)18-10-21-22(13-30-26(21)29-12-18)27(32)31-23-14-28-9-8-20(23)17-4-7-24-25(11-17)35-15-34-24/h2-14H,15H2,1H3,(H,29,30)(H,31,32). The minimum Gasteiger partial charge on any atom is -0.497 e. The Balaban J connectivity index is 1.32. The summed E-state index contributed by atoms with van der Waals surface area (Å²) >= 11 is 0. The molecule has 0 atom stereocenters. The lowest BCUT2D eigenvalue weighted by Crippen LogP contribution is -2.12. The maximum absolute atomic E-state index is 13.3. The molecule has 8 heteroatoms. The second-order valence-electron chi connectivity index (χ2n) is 7.99. The lowest BCUT2D eigenvalue weighted by molar-refractivity contribution is 0.102. The lowest BCUT2D eigenvalue weighted by Gasteiger charge is -2.11. The summed E-state index contributed by atoms with van der Waals surface area (Å²) in [4.78, 5) is 25.1. The van der Waals surface area contributed by atoms with Crippen LogP contribution in [0.2, 0.25) is 0 Å². The van der Waals surface area contributed by atoms with Crippen LogP contribution < -0.4 is 19.5 Å². The zero-order chi connectivity index (χ0) is 23.8. The Kier molecular flexibility index (Phi) is 5.03. The molecule has 1 aliphatic rings. The number of carbonyl (C=O) groups is 1. The molecule has 0 saturated heterocycles. The fourth-order valence-electron chi connectivity index (χ4n) is 4.13. The Hall–Kier alpha value is -4.85. The second-order valence-corrected chi connectivity index (χ2v) is 7.99. The zero-order valence-corrected chi connectivity index (χ0v) is 18.7. The van der Waals surface area contributed by atoms with Crippen molar-refractivity contribution in [3.05, 3.63) is 84.9 Å². The van der Waals surface area contributed by atoms with Crippen molar-refractivity contribution in [1.82, 2.24) is 15.0 Å². The van der Waals surface area contributed by atoms with Gasteiger partial charge in [0, 0.05) is 35.1 Å². The van der Waals surface area contributed by atoms with Crippen LogP contribution in [0.4, 0.5) is 5.69 Å². The van der Waals surface area contributed by atoms with Crippen LogP contribution in [0.5, 0.6) is 17.2 Å². The van der Waals surface area contributed by atoms with Crippen LogP contribution in [0.25, 0.3) is 33.3 Å². The highest BCUT2D eigenvalue weighted by molar-refractivity contribution is 6.13. The van der Waals surface area contributed by atoms with Crippen molar-refractivity contribution in [3.63, 3.8) is 0 Å². The molecular formula is C27H20N4O4. The van der Waals surface area contributed by atoms with E-state index in [4.69, 9.17) is 14.2 Å². The molecule has 0 radical (unpaired) electrons. The SMILES string of the molecule is COc1ccc(-c2cnc3[nH]cc(C(=O)Nc4cnccc4-c4ccc5c(c4)OCO5)c3c2)cc1. The Labute approximate surface area is 200 Å². The number of H-pyrrole nitrogens is 1. The fourth-order valence-corrected chi connectivity index (χ4v) is 4.13. The smallest absolute Gasteiger partial charge is 0.257 e. The van der Waals surface area contributed by atoms with Gasteiger partial charge in [-0.2, -0.15) is 0 Å². The largest absolute Gasteiger partial charge is 0.497 e. The third-order valence-corrected chi connectivity index (χ3v) is 5.95. The number of hydrogen-bond donors (Lipinski definition) is 2. The molecule has 0 saturated carbocycles. The predicted molar refractivity (Wildman–Crippen MR) is 132 cm³/mol. The van der Waals surface area contributed by atoms with Crippen molar-refractivity contribution in [2.75, 3.05) is 19.2 Å². The molecule has 1 amide bonds. The van der Waals surface area contributed by atoms with Gasteiger partial charge < -0.3 is 24.5 Å². The number of fused-ring (bicyclic) bond motifs is 2. The van der Waals surface area contributed by atoms with E-state index < -0.39 is 0 Å². The van der Waals surface area contributed by atoms with Crippen molar-refractivity contribution in [2.24, 2.45) is 0 Å². The molecule has 4 heterocycles. The molecule has 0 fully saturated rings. The van der Waals surface area contributed by atoms with Gasteiger partial charge in [0.25, 0.3) is 5.91 Å². The Morgan fingerprint density at radius 2 is 1.80 bits per heavy atom. The number of ether oxygens (including phenoxy) is 3. The molecule has 3 aromatic heterocycles. The number of rotatable bonds is 5. The van der Waals surface area contributed by atoms with Crippen LogP contribution in [0.1, 0.15) is 10.4 Å². The molecule has 172 valence electrons. The Morgan fingerprint density at radius 1 is 0.971 bits per heavy atom. The molecule has 2 N–H and O–H groups in total. The molecular weight excluding hydrogens is 444 g/mol. The molecule has 0 bridgehead atoms. The van der Waals surface area contributed by atoms with Gasteiger partial charge in [-0.3, -0.25) is 9.78 Å². The summed E-state index contributed by atoms with van der Waals surface area (Å²) < 4.78 is 16.2. The van der Waals surface area contributed by atoms with Gasteiger partial charge in [0.15, 0.2) is 11.5 Å². The summed E-state index contributed by atoms with van der Waals surface area (Å²) in [5.74, 6) is 1.89. The van der Waals surface area contributed by atoms with Crippen LogP contribution in [-0.2, 0) is 0 Å². The van der Waals surface area contributed by atoms with Gasteiger partial charge >= 0.3 is 0 Å². The number of pyridine rings is 2. The fraction of sp³-hybridized carbons (Fsp3) is 0.0741. The average Bonchev–Trinajstić information content (AvgIpc) is 3.55. The number of methoxy groups -OCH3 is 1. The summed E-state index contributed by atoms with van der Waals surface area (Å²) in [5, 5.41) is 3.73. The first-order chi connectivity index (χ1) is 17.2. The van der Waals surface area contributed by atoms with Gasteiger partial charge in [-0.1, -0.05) is 18.2 Å². The molecule has 0 spiro atoms.